The maximum atomic E-state index is 9.93. The summed E-state index contributed by atoms with van der Waals surface area (Å²) in [6, 6.07) is 7.02. The Labute approximate surface area is 111 Å². The van der Waals surface area contributed by atoms with Gasteiger partial charge in [0, 0.05) is 5.56 Å². The molecule has 0 aliphatic rings. The second kappa shape index (κ2) is 8.90. The Balaban J connectivity index is 2.37. The molecule has 0 amide bonds. The van der Waals surface area contributed by atoms with Crippen molar-refractivity contribution in [2.24, 2.45) is 5.90 Å². The molecule has 0 saturated carbocycles. The standard InChI is InChI=1S/C12H17N3O4/c13-12(15-5-6-17-9-16)10-1-3-11(4-2-10)18-7-8-19-14/h1-4,9H,5-8,14H2,(H2,13,15). The van der Waals surface area contributed by atoms with Gasteiger partial charge in [0.25, 0.3) is 6.47 Å². The molecule has 0 aromatic heterocycles. The van der Waals surface area contributed by atoms with E-state index in [1.54, 1.807) is 24.3 Å². The molecule has 1 rings (SSSR count). The summed E-state index contributed by atoms with van der Waals surface area (Å²) in [4.78, 5) is 14.3. The first-order valence-corrected chi connectivity index (χ1v) is 5.70. The van der Waals surface area contributed by atoms with Crippen LogP contribution in [0.3, 0.4) is 0 Å². The van der Waals surface area contributed by atoms with Gasteiger partial charge in [-0.1, -0.05) is 0 Å². The maximum absolute atomic E-state index is 9.93. The zero-order valence-electron chi connectivity index (χ0n) is 10.4. The molecule has 0 aliphatic heterocycles. The van der Waals surface area contributed by atoms with Gasteiger partial charge in [0.05, 0.1) is 6.54 Å². The fraction of sp³-hybridized carbons (Fsp3) is 0.333. The molecule has 0 fully saturated rings. The predicted octanol–water partition coefficient (Wildman–Crippen LogP) is 0.0437. The number of carbonyl (C=O) groups excluding carboxylic acids is 1. The normalized spacial score (nSPS) is 9.74. The van der Waals surface area contributed by atoms with Gasteiger partial charge in [0.2, 0.25) is 0 Å². The third-order valence-electron chi connectivity index (χ3n) is 2.20. The summed E-state index contributed by atoms with van der Waals surface area (Å²) in [6.45, 7) is 1.68. The van der Waals surface area contributed by atoms with E-state index in [4.69, 9.17) is 16.0 Å². The molecule has 0 heterocycles. The van der Waals surface area contributed by atoms with Crippen LogP contribution in [0, 0.1) is 5.41 Å². The minimum Gasteiger partial charge on any atom is -0.491 e. The molecule has 4 N–H and O–H groups in total. The van der Waals surface area contributed by atoms with Crippen molar-refractivity contribution in [2.75, 3.05) is 26.4 Å². The van der Waals surface area contributed by atoms with Crippen LogP contribution in [0.25, 0.3) is 0 Å². The summed E-state index contributed by atoms with van der Waals surface area (Å²) in [6.07, 6.45) is 0. The fourth-order valence-electron chi connectivity index (χ4n) is 1.31. The van der Waals surface area contributed by atoms with Crippen LogP contribution in [-0.4, -0.2) is 38.7 Å². The Hall–Kier alpha value is -2.12. The van der Waals surface area contributed by atoms with Crippen LogP contribution in [0.4, 0.5) is 0 Å². The van der Waals surface area contributed by atoms with Crippen molar-refractivity contribution in [1.82, 2.24) is 5.32 Å². The number of amidine groups is 1. The van der Waals surface area contributed by atoms with Crippen LogP contribution in [0.5, 0.6) is 5.75 Å². The Morgan fingerprint density at radius 3 is 2.63 bits per heavy atom. The fourth-order valence-corrected chi connectivity index (χ4v) is 1.31. The lowest BCUT2D eigenvalue weighted by Crippen LogP contribution is -2.27. The lowest BCUT2D eigenvalue weighted by molar-refractivity contribution is -0.128. The van der Waals surface area contributed by atoms with E-state index in [1.165, 1.54) is 0 Å². The average molecular weight is 267 g/mol. The van der Waals surface area contributed by atoms with E-state index < -0.39 is 0 Å². The summed E-state index contributed by atoms with van der Waals surface area (Å²) in [7, 11) is 0. The van der Waals surface area contributed by atoms with Crippen molar-refractivity contribution in [1.29, 1.82) is 5.41 Å². The van der Waals surface area contributed by atoms with Gasteiger partial charge in [-0.3, -0.25) is 10.2 Å². The zero-order valence-corrected chi connectivity index (χ0v) is 10.4. The smallest absolute Gasteiger partial charge is 0.293 e. The van der Waals surface area contributed by atoms with Crippen molar-refractivity contribution in [2.45, 2.75) is 0 Å². The second-order valence-corrected chi connectivity index (χ2v) is 3.51. The number of ether oxygens (including phenoxy) is 2. The first kappa shape index (κ1) is 14.9. The number of nitrogens with two attached hydrogens (primary N) is 1. The van der Waals surface area contributed by atoms with E-state index in [1.807, 2.05) is 0 Å². The number of hydrogen-bond acceptors (Lipinski definition) is 6. The second-order valence-electron chi connectivity index (χ2n) is 3.51. The Bertz CT molecular complexity index is 394. The number of rotatable bonds is 9. The van der Waals surface area contributed by atoms with Gasteiger partial charge in [-0.2, -0.15) is 0 Å². The molecule has 0 aliphatic carbocycles. The van der Waals surface area contributed by atoms with Crippen LogP contribution in [-0.2, 0) is 14.4 Å². The molecule has 0 atom stereocenters. The van der Waals surface area contributed by atoms with Crippen LogP contribution < -0.4 is 16.0 Å². The van der Waals surface area contributed by atoms with Crippen LogP contribution in [0.2, 0.25) is 0 Å². The van der Waals surface area contributed by atoms with E-state index >= 15 is 0 Å². The molecule has 1 aromatic rings. The van der Waals surface area contributed by atoms with Gasteiger partial charge >= 0.3 is 0 Å². The Morgan fingerprint density at radius 2 is 2.00 bits per heavy atom. The molecular weight excluding hydrogens is 250 g/mol. The topological polar surface area (TPSA) is 107 Å². The summed E-state index contributed by atoms with van der Waals surface area (Å²) >= 11 is 0. The number of hydrogen-bond donors (Lipinski definition) is 3. The summed E-state index contributed by atoms with van der Waals surface area (Å²) in [5, 5.41) is 10.6. The summed E-state index contributed by atoms with van der Waals surface area (Å²) in [5.74, 6) is 5.81. The van der Waals surface area contributed by atoms with Gasteiger partial charge in [-0.05, 0) is 24.3 Å². The highest BCUT2D eigenvalue weighted by molar-refractivity contribution is 5.96. The monoisotopic (exact) mass is 267 g/mol. The highest BCUT2D eigenvalue weighted by atomic mass is 16.6. The van der Waals surface area contributed by atoms with E-state index in [-0.39, 0.29) is 12.4 Å². The highest BCUT2D eigenvalue weighted by Crippen LogP contribution is 2.11. The Kier molecular flexibility index (Phi) is 7.00. The van der Waals surface area contributed by atoms with E-state index in [2.05, 4.69) is 14.9 Å². The van der Waals surface area contributed by atoms with Gasteiger partial charge < -0.3 is 19.6 Å². The number of nitrogens with one attached hydrogen (secondary N) is 2. The molecular formula is C12H17N3O4. The van der Waals surface area contributed by atoms with Crippen LogP contribution in [0.1, 0.15) is 5.56 Å². The largest absolute Gasteiger partial charge is 0.491 e. The van der Waals surface area contributed by atoms with Crippen molar-refractivity contribution in [3.8, 4) is 5.75 Å². The molecule has 0 radical (unpaired) electrons. The molecule has 7 nitrogen and oxygen atoms in total. The van der Waals surface area contributed by atoms with Crippen LogP contribution >= 0.6 is 0 Å². The number of carbonyl (C=O) groups is 1. The third-order valence-corrected chi connectivity index (χ3v) is 2.20. The van der Waals surface area contributed by atoms with Crippen molar-refractivity contribution in [3.05, 3.63) is 29.8 Å². The van der Waals surface area contributed by atoms with Gasteiger partial charge in [0.1, 0.15) is 31.4 Å². The minimum absolute atomic E-state index is 0.228. The summed E-state index contributed by atoms with van der Waals surface area (Å²) in [5.41, 5.74) is 0.716. The van der Waals surface area contributed by atoms with Gasteiger partial charge in [-0.15, -0.1) is 0 Å². The van der Waals surface area contributed by atoms with Gasteiger partial charge in [-0.25, -0.2) is 5.90 Å². The molecule has 0 spiro atoms. The zero-order chi connectivity index (χ0) is 13.9. The third kappa shape index (κ3) is 5.84. The van der Waals surface area contributed by atoms with Crippen molar-refractivity contribution < 1.29 is 19.1 Å². The molecule has 0 saturated heterocycles. The lowest BCUT2D eigenvalue weighted by atomic mass is 10.2. The average Bonchev–Trinajstić information content (AvgIpc) is 2.44. The molecule has 1 aromatic carbocycles. The van der Waals surface area contributed by atoms with Crippen molar-refractivity contribution >= 4 is 12.3 Å². The first-order valence-electron chi connectivity index (χ1n) is 5.70. The predicted molar refractivity (Wildman–Crippen MR) is 68.9 cm³/mol. The summed E-state index contributed by atoms with van der Waals surface area (Å²) < 4.78 is 9.85. The van der Waals surface area contributed by atoms with E-state index in [0.29, 0.717) is 37.5 Å². The highest BCUT2D eigenvalue weighted by Gasteiger charge is 2.01. The van der Waals surface area contributed by atoms with Gasteiger partial charge in [0.15, 0.2) is 0 Å². The van der Waals surface area contributed by atoms with E-state index in [0.717, 1.165) is 0 Å². The number of benzene rings is 1. The molecule has 104 valence electrons. The quantitative estimate of drug-likeness (QED) is 0.192. The lowest BCUT2D eigenvalue weighted by Gasteiger charge is -2.09. The SMILES string of the molecule is N=C(NCCOC=O)c1ccc(OCCON)cc1. The minimum atomic E-state index is 0.228. The molecule has 0 bridgehead atoms. The van der Waals surface area contributed by atoms with Crippen LogP contribution in [0.15, 0.2) is 24.3 Å². The Morgan fingerprint density at radius 1 is 1.26 bits per heavy atom. The van der Waals surface area contributed by atoms with Crippen molar-refractivity contribution in [3.63, 3.8) is 0 Å². The van der Waals surface area contributed by atoms with E-state index in [9.17, 15) is 4.79 Å². The molecule has 7 heteroatoms. The molecule has 19 heavy (non-hydrogen) atoms. The maximum Gasteiger partial charge on any atom is 0.293 e. The molecule has 0 unspecified atom stereocenters. The first-order chi connectivity index (χ1) is 9.27.